The SMILES string of the molecule is CCNS(=O)(=O)CCNC(=O)c1cc(Cl)nc(CC)c1. The molecule has 1 heterocycles. The van der Waals surface area contributed by atoms with Crippen LogP contribution >= 0.6 is 11.6 Å². The Morgan fingerprint density at radius 2 is 2.05 bits per heavy atom. The number of pyridine rings is 1. The van der Waals surface area contributed by atoms with E-state index in [-0.39, 0.29) is 23.4 Å². The summed E-state index contributed by atoms with van der Waals surface area (Å²) in [5, 5.41) is 2.79. The highest BCUT2D eigenvalue weighted by Crippen LogP contribution is 2.11. The molecule has 1 aromatic rings. The van der Waals surface area contributed by atoms with Crippen LogP contribution in [0.25, 0.3) is 0 Å². The van der Waals surface area contributed by atoms with Crippen molar-refractivity contribution in [2.75, 3.05) is 18.8 Å². The summed E-state index contributed by atoms with van der Waals surface area (Å²) in [4.78, 5) is 16.0. The van der Waals surface area contributed by atoms with E-state index < -0.39 is 10.0 Å². The minimum absolute atomic E-state index is 0.0373. The molecule has 0 aliphatic heterocycles. The van der Waals surface area contributed by atoms with Crippen molar-refractivity contribution < 1.29 is 13.2 Å². The zero-order valence-electron chi connectivity index (χ0n) is 11.4. The minimum Gasteiger partial charge on any atom is -0.351 e. The molecular formula is C12H18ClN3O3S. The Kier molecular flexibility index (Phi) is 6.38. The number of sulfonamides is 1. The molecule has 0 saturated heterocycles. The van der Waals surface area contributed by atoms with Gasteiger partial charge in [-0.05, 0) is 18.6 Å². The number of hydrogen-bond donors (Lipinski definition) is 2. The van der Waals surface area contributed by atoms with Crippen molar-refractivity contribution in [1.29, 1.82) is 0 Å². The summed E-state index contributed by atoms with van der Waals surface area (Å²) in [5.74, 6) is -0.526. The lowest BCUT2D eigenvalue weighted by Gasteiger charge is -2.08. The van der Waals surface area contributed by atoms with E-state index in [1.54, 1.807) is 13.0 Å². The molecule has 112 valence electrons. The van der Waals surface area contributed by atoms with E-state index >= 15 is 0 Å². The molecule has 1 rings (SSSR count). The minimum atomic E-state index is -3.33. The highest BCUT2D eigenvalue weighted by Gasteiger charge is 2.11. The summed E-state index contributed by atoms with van der Waals surface area (Å²) >= 11 is 5.82. The van der Waals surface area contributed by atoms with E-state index in [2.05, 4.69) is 15.0 Å². The molecule has 0 aliphatic carbocycles. The van der Waals surface area contributed by atoms with Gasteiger partial charge in [0, 0.05) is 24.3 Å². The predicted molar refractivity (Wildman–Crippen MR) is 78.4 cm³/mol. The zero-order chi connectivity index (χ0) is 15.2. The van der Waals surface area contributed by atoms with Crippen molar-refractivity contribution in [3.63, 3.8) is 0 Å². The molecule has 6 nitrogen and oxygen atoms in total. The number of carbonyl (C=O) groups is 1. The number of aromatic nitrogens is 1. The lowest BCUT2D eigenvalue weighted by Crippen LogP contribution is -2.34. The maximum Gasteiger partial charge on any atom is 0.251 e. The molecule has 0 bridgehead atoms. The standard InChI is InChI=1S/C12H18ClN3O3S/c1-3-10-7-9(8-11(13)16-10)12(17)14-5-6-20(18,19)15-4-2/h7-8,15H,3-6H2,1-2H3,(H,14,17). The van der Waals surface area contributed by atoms with Crippen LogP contribution < -0.4 is 10.0 Å². The summed E-state index contributed by atoms with van der Waals surface area (Å²) in [5.41, 5.74) is 1.09. The smallest absolute Gasteiger partial charge is 0.251 e. The highest BCUT2D eigenvalue weighted by atomic mass is 35.5. The Bertz CT molecular complexity index is 575. The molecule has 0 saturated carbocycles. The van der Waals surface area contributed by atoms with Crippen LogP contribution in [0.5, 0.6) is 0 Å². The van der Waals surface area contributed by atoms with Gasteiger partial charge in [-0.1, -0.05) is 25.4 Å². The van der Waals surface area contributed by atoms with Crippen LogP contribution in [0, 0.1) is 0 Å². The van der Waals surface area contributed by atoms with Crippen molar-refractivity contribution in [2.45, 2.75) is 20.3 Å². The topological polar surface area (TPSA) is 88.2 Å². The van der Waals surface area contributed by atoms with Gasteiger partial charge in [0.2, 0.25) is 10.0 Å². The highest BCUT2D eigenvalue weighted by molar-refractivity contribution is 7.89. The molecule has 0 fully saturated rings. The second-order valence-electron chi connectivity index (χ2n) is 4.10. The van der Waals surface area contributed by atoms with Crippen molar-refractivity contribution in [3.8, 4) is 0 Å². The molecule has 0 aliphatic rings. The fraction of sp³-hybridized carbons (Fsp3) is 0.500. The largest absolute Gasteiger partial charge is 0.351 e. The maximum atomic E-state index is 11.9. The van der Waals surface area contributed by atoms with E-state index in [0.29, 0.717) is 24.2 Å². The molecule has 8 heteroatoms. The Hall–Kier alpha value is -1.18. The number of hydrogen-bond acceptors (Lipinski definition) is 4. The van der Waals surface area contributed by atoms with Gasteiger partial charge in [-0.15, -0.1) is 0 Å². The number of halogens is 1. The van der Waals surface area contributed by atoms with Crippen LogP contribution in [-0.2, 0) is 16.4 Å². The first-order chi connectivity index (χ1) is 9.38. The third-order valence-corrected chi connectivity index (χ3v) is 4.16. The first-order valence-electron chi connectivity index (χ1n) is 6.30. The van der Waals surface area contributed by atoms with Gasteiger partial charge >= 0.3 is 0 Å². The molecule has 0 radical (unpaired) electrons. The summed E-state index contributed by atoms with van der Waals surface area (Å²) in [6.45, 7) is 3.97. The average Bonchev–Trinajstić information content (AvgIpc) is 2.37. The molecule has 0 atom stereocenters. The molecule has 1 amide bonds. The first kappa shape index (κ1) is 16.9. The van der Waals surface area contributed by atoms with Gasteiger partial charge in [0.05, 0.1) is 5.75 Å². The number of carbonyl (C=O) groups excluding carboxylic acids is 1. The molecule has 20 heavy (non-hydrogen) atoms. The second-order valence-corrected chi connectivity index (χ2v) is 6.41. The first-order valence-corrected chi connectivity index (χ1v) is 8.33. The Morgan fingerprint density at radius 3 is 2.65 bits per heavy atom. The quantitative estimate of drug-likeness (QED) is 0.733. The van der Waals surface area contributed by atoms with Crippen LogP contribution in [0.4, 0.5) is 0 Å². The predicted octanol–water partition coefficient (Wildman–Crippen LogP) is 0.966. The van der Waals surface area contributed by atoms with Gasteiger partial charge in [0.15, 0.2) is 0 Å². The lowest BCUT2D eigenvalue weighted by atomic mass is 10.2. The van der Waals surface area contributed by atoms with Crippen molar-refractivity contribution in [1.82, 2.24) is 15.0 Å². The van der Waals surface area contributed by atoms with Crippen molar-refractivity contribution in [2.24, 2.45) is 0 Å². The lowest BCUT2D eigenvalue weighted by molar-refractivity contribution is 0.0956. The summed E-state index contributed by atoms with van der Waals surface area (Å²) < 4.78 is 25.2. The monoisotopic (exact) mass is 319 g/mol. The number of nitrogens with zero attached hydrogens (tertiary/aromatic N) is 1. The molecular weight excluding hydrogens is 302 g/mol. The maximum absolute atomic E-state index is 11.9. The number of amides is 1. The fourth-order valence-corrected chi connectivity index (χ4v) is 2.74. The number of rotatable bonds is 7. The normalized spacial score (nSPS) is 11.3. The van der Waals surface area contributed by atoms with Gasteiger partial charge in [-0.2, -0.15) is 0 Å². The fourth-order valence-electron chi connectivity index (χ4n) is 1.56. The van der Waals surface area contributed by atoms with E-state index in [1.807, 2.05) is 6.92 Å². The van der Waals surface area contributed by atoms with Crippen LogP contribution in [0.1, 0.15) is 29.9 Å². The average molecular weight is 320 g/mol. The van der Waals surface area contributed by atoms with Gasteiger partial charge in [-0.25, -0.2) is 18.1 Å². The van der Waals surface area contributed by atoms with Crippen LogP contribution in [0.2, 0.25) is 5.15 Å². The Labute approximate surface area is 124 Å². The van der Waals surface area contributed by atoms with Gasteiger partial charge in [-0.3, -0.25) is 4.79 Å². The van der Waals surface area contributed by atoms with Gasteiger partial charge < -0.3 is 5.32 Å². The molecule has 1 aromatic heterocycles. The molecule has 0 aromatic carbocycles. The Morgan fingerprint density at radius 1 is 1.35 bits per heavy atom. The van der Waals surface area contributed by atoms with E-state index in [9.17, 15) is 13.2 Å². The van der Waals surface area contributed by atoms with E-state index in [1.165, 1.54) is 6.07 Å². The summed E-state index contributed by atoms with van der Waals surface area (Å²) in [6, 6.07) is 3.09. The third kappa shape index (κ3) is 5.44. The van der Waals surface area contributed by atoms with Crippen LogP contribution in [-0.4, -0.2) is 38.2 Å². The van der Waals surface area contributed by atoms with Crippen molar-refractivity contribution >= 4 is 27.5 Å². The Balaban J connectivity index is 2.62. The zero-order valence-corrected chi connectivity index (χ0v) is 13.0. The number of aryl methyl sites for hydroxylation is 1. The van der Waals surface area contributed by atoms with Gasteiger partial charge in [0.25, 0.3) is 5.91 Å². The van der Waals surface area contributed by atoms with E-state index in [4.69, 9.17) is 11.6 Å². The second kappa shape index (κ2) is 7.56. The summed E-state index contributed by atoms with van der Waals surface area (Å²) in [7, 11) is -3.33. The molecule has 0 unspecified atom stereocenters. The molecule has 0 spiro atoms. The van der Waals surface area contributed by atoms with E-state index in [0.717, 1.165) is 0 Å². The molecule has 2 N–H and O–H groups in total. The van der Waals surface area contributed by atoms with Gasteiger partial charge in [0.1, 0.15) is 5.15 Å². The number of nitrogens with one attached hydrogen (secondary N) is 2. The van der Waals surface area contributed by atoms with Crippen LogP contribution in [0.15, 0.2) is 12.1 Å². The van der Waals surface area contributed by atoms with Crippen molar-refractivity contribution in [3.05, 3.63) is 28.5 Å². The third-order valence-electron chi connectivity index (χ3n) is 2.49. The summed E-state index contributed by atoms with van der Waals surface area (Å²) in [6.07, 6.45) is 0.662. The van der Waals surface area contributed by atoms with Crippen LogP contribution in [0.3, 0.4) is 0 Å².